The zero-order valence-electron chi connectivity index (χ0n) is 8.88. The minimum atomic E-state index is -0.0975. The second kappa shape index (κ2) is 3.21. The van der Waals surface area contributed by atoms with E-state index in [1.54, 1.807) is 0 Å². The number of likely N-dealkylation sites (N-methyl/N-ethyl adjacent to an activating group) is 1. The normalized spacial score (nSPS) is 24.9. The average molecular weight is 282 g/mol. The molecular formula is C11H12BrN3O. The van der Waals surface area contributed by atoms with Crippen LogP contribution in [0.5, 0.6) is 0 Å². The molecule has 1 unspecified atom stereocenters. The number of H-pyrrole nitrogens is 1. The first-order valence-corrected chi connectivity index (χ1v) is 6.00. The maximum Gasteiger partial charge on any atom is 0.226 e. The second-order valence-electron chi connectivity index (χ2n) is 4.33. The predicted molar refractivity (Wildman–Crippen MR) is 64.3 cm³/mol. The number of nitrogens with two attached hydrogens (primary N) is 1. The van der Waals surface area contributed by atoms with Crippen LogP contribution in [-0.2, 0) is 6.42 Å². The number of rotatable bonds is 0. The first-order valence-electron chi connectivity index (χ1n) is 5.21. The van der Waals surface area contributed by atoms with Gasteiger partial charge >= 0.3 is 0 Å². The fourth-order valence-electron chi connectivity index (χ4n) is 2.54. The van der Waals surface area contributed by atoms with Gasteiger partial charge < -0.3 is 10.7 Å². The van der Waals surface area contributed by atoms with Gasteiger partial charge in [-0.3, -0.25) is 9.69 Å². The number of aromatic amines is 1. The zero-order chi connectivity index (χ0) is 11.4. The van der Waals surface area contributed by atoms with E-state index >= 15 is 0 Å². The lowest BCUT2D eigenvalue weighted by Gasteiger charge is -2.35. The number of nitrogens with one attached hydrogen (secondary N) is 1. The Labute approximate surface area is 102 Å². The van der Waals surface area contributed by atoms with Crippen LogP contribution < -0.4 is 5.73 Å². The molecule has 0 saturated carbocycles. The van der Waals surface area contributed by atoms with Gasteiger partial charge in [0.05, 0.1) is 17.4 Å². The summed E-state index contributed by atoms with van der Waals surface area (Å²) in [5.74, 6) is -0.0975. The molecular weight excluding hydrogens is 270 g/mol. The summed E-state index contributed by atoms with van der Waals surface area (Å²) in [5.41, 5.74) is 9.14. The van der Waals surface area contributed by atoms with Gasteiger partial charge in [0.15, 0.2) is 0 Å². The van der Waals surface area contributed by atoms with E-state index in [2.05, 4.69) is 32.9 Å². The number of carbonyl (C=O) groups is 1. The highest BCUT2D eigenvalue weighted by Crippen LogP contribution is 2.43. The van der Waals surface area contributed by atoms with Crippen molar-refractivity contribution in [3.63, 3.8) is 0 Å². The third-order valence-corrected chi connectivity index (χ3v) is 4.28. The van der Waals surface area contributed by atoms with Crippen LogP contribution in [0.2, 0.25) is 0 Å². The van der Waals surface area contributed by atoms with Crippen molar-refractivity contribution in [1.82, 2.24) is 9.88 Å². The summed E-state index contributed by atoms with van der Waals surface area (Å²) in [6, 6.07) is 0.0997. The van der Waals surface area contributed by atoms with Gasteiger partial charge in [0, 0.05) is 22.8 Å². The van der Waals surface area contributed by atoms with E-state index in [0.29, 0.717) is 11.4 Å². The van der Waals surface area contributed by atoms with Crippen molar-refractivity contribution in [3.05, 3.63) is 33.2 Å². The Bertz CT molecular complexity index is 517. The van der Waals surface area contributed by atoms with Crippen LogP contribution in [0.25, 0.3) is 0 Å². The highest BCUT2D eigenvalue weighted by molar-refractivity contribution is 9.11. The molecule has 0 saturated heterocycles. The summed E-state index contributed by atoms with van der Waals surface area (Å²) >= 11 is 3.46. The van der Waals surface area contributed by atoms with E-state index in [9.17, 15) is 4.79 Å². The first kappa shape index (κ1) is 10.1. The molecule has 16 heavy (non-hydrogen) atoms. The van der Waals surface area contributed by atoms with Gasteiger partial charge in [0.1, 0.15) is 0 Å². The van der Waals surface area contributed by atoms with Crippen molar-refractivity contribution in [2.24, 2.45) is 5.73 Å². The van der Waals surface area contributed by atoms with Crippen LogP contribution in [0, 0.1) is 0 Å². The van der Waals surface area contributed by atoms with Crippen molar-refractivity contribution >= 4 is 21.7 Å². The number of allylic oxidation sites excluding steroid dienone is 1. The van der Waals surface area contributed by atoms with Crippen LogP contribution >= 0.6 is 15.9 Å². The van der Waals surface area contributed by atoms with Crippen molar-refractivity contribution in [2.75, 3.05) is 13.6 Å². The summed E-state index contributed by atoms with van der Waals surface area (Å²) in [4.78, 5) is 17.2. The van der Waals surface area contributed by atoms with Crippen molar-refractivity contribution < 1.29 is 4.79 Å². The molecule has 1 aliphatic carbocycles. The van der Waals surface area contributed by atoms with E-state index in [1.165, 1.54) is 5.56 Å². The number of ketones is 1. The minimum Gasteiger partial charge on any atom is -0.395 e. The van der Waals surface area contributed by atoms with E-state index in [4.69, 9.17) is 5.73 Å². The Morgan fingerprint density at radius 1 is 1.62 bits per heavy atom. The van der Waals surface area contributed by atoms with Crippen LogP contribution in [0.1, 0.15) is 27.7 Å². The van der Waals surface area contributed by atoms with Gasteiger partial charge in [0.2, 0.25) is 5.78 Å². The second-order valence-corrected chi connectivity index (χ2v) is 5.18. The molecule has 84 valence electrons. The fraction of sp³-hybridized carbons (Fsp3) is 0.364. The van der Waals surface area contributed by atoms with E-state index in [1.807, 2.05) is 6.20 Å². The first-order chi connectivity index (χ1) is 7.61. The maximum absolute atomic E-state index is 12.0. The molecule has 0 spiro atoms. The van der Waals surface area contributed by atoms with E-state index < -0.39 is 0 Å². The molecule has 3 N–H and O–H groups in total. The number of halogens is 1. The smallest absolute Gasteiger partial charge is 0.226 e. The molecule has 0 bridgehead atoms. The Morgan fingerprint density at radius 3 is 3.12 bits per heavy atom. The minimum absolute atomic E-state index is 0.0975. The Kier molecular flexibility index (Phi) is 2.03. The topological polar surface area (TPSA) is 62.1 Å². The molecule has 0 radical (unpaired) electrons. The number of hydrogen-bond donors (Lipinski definition) is 2. The third-order valence-electron chi connectivity index (χ3n) is 3.42. The molecule has 1 aromatic heterocycles. The quantitative estimate of drug-likeness (QED) is 0.754. The molecule has 0 fully saturated rings. The molecule has 1 aliphatic heterocycles. The Hall–Kier alpha value is -1.07. The molecule has 1 atom stereocenters. The fourth-order valence-corrected chi connectivity index (χ4v) is 3.30. The van der Waals surface area contributed by atoms with Crippen LogP contribution in [-0.4, -0.2) is 29.3 Å². The summed E-state index contributed by atoms with van der Waals surface area (Å²) < 4.78 is 0.799. The standard InChI is InChI=1S/C11H12BrN3O/c1-15-3-2-5-4-14-9-6(5)10(15)7(12)8(13)11(9)16/h4,10,14H,2-3,13H2,1H3. The van der Waals surface area contributed by atoms with Gasteiger partial charge in [-0.05, 0) is 19.0 Å². The van der Waals surface area contributed by atoms with Gasteiger partial charge in [-0.25, -0.2) is 0 Å². The lowest BCUT2D eigenvalue weighted by molar-refractivity contribution is 0.101. The summed E-state index contributed by atoms with van der Waals surface area (Å²) in [5, 5.41) is 0. The van der Waals surface area contributed by atoms with Crippen molar-refractivity contribution in [3.8, 4) is 0 Å². The highest BCUT2D eigenvalue weighted by Gasteiger charge is 2.38. The van der Waals surface area contributed by atoms with E-state index in [-0.39, 0.29) is 11.8 Å². The van der Waals surface area contributed by atoms with Crippen molar-refractivity contribution in [1.29, 1.82) is 0 Å². The molecule has 1 aromatic rings. The SMILES string of the molecule is CN1CCc2c[nH]c3c2C1C(Br)=C(N)C3=O. The van der Waals surface area contributed by atoms with Crippen molar-refractivity contribution in [2.45, 2.75) is 12.5 Å². The molecule has 4 nitrogen and oxygen atoms in total. The lowest BCUT2D eigenvalue weighted by Crippen LogP contribution is -2.37. The van der Waals surface area contributed by atoms with Gasteiger partial charge in [0.25, 0.3) is 0 Å². The molecule has 3 rings (SSSR count). The van der Waals surface area contributed by atoms with Crippen LogP contribution in [0.4, 0.5) is 0 Å². The molecule has 2 aliphatic rings. The van der Waals surface area contributed by atoms with Crippen LogP contribution in [0.3, 0.4) is 0 Å². The number of Topliss-reactive ketones (excluding diaryl/α,β-unsaturated/α-hetero) is 1. The summed E-state index contributed by atoms with van der Waals surface area (Å²) in [7, 11) is 2.05. The Balaban J connectivity index is 2.28. The third kappa shape index (κ3) is 1.10. The lowest BCUT2D eigenvalue weighted by atomic mass is 9.88. The molecule has 2 heterocycles. The molecule has 0 aromatic carbocycles. The maximum atomic E-state index is 12.0. The predicted octanol–water partition coefficient (Wildman–Crippen LogP) is 1.31. The summed E-state index contributed by atoms with van der Waals surface area (Å²) in [6.45, 7) is 0.978. The molecule has 5 heteroatoms. The monoisotopic (exact) mass is 281 g/mol. The molecule has 0 amide bonds. The number of hydrogen-bond acceptors (Lipinski definition) is 3. The Morgan fingerprint density at radius 2 is 2.38 bits per heavy atom. The highest BCUT2D eigenvalue weighted by atomic mass is 79.9. The number of nitrogens with zero attached hydrogens (tertiary/aromatic N) is 1. The largest absolute Gasteiger partial charge is 0.395 e. The van der Waals surface area contributed by atoms with Gasteiger partial charge in [-0.2, -0.15) is 0 Å². The average Bonchev–Trinajstić information content (AvgIpc) is 2.68. The zero-order valence-corrected chi connectivity index (χ0v) is 10.5. The number of aromatic nitrogens is 1. The van der Waals surface area contributed by atoms with Crippen LogP contribution in [0.15, 0.2) is 16.4 Å². The van der Waals surface area contributed by atoms with Gasteiger partial charge in [-0.1, -0.05) is 15.9 Å². The number of carbonyl (C=O) groups excluding carboxylic acids is 1. The summed E-state index contributed by atoms with van der Waals surface area (Å²) in [6.07, 6.45) is 2.91. The van der Waals surface area contributed by atoms with Gasteiger partial charge in [-0.15, -0.1) is 0 Å². The van der Waals surface area contributed by atoms with E-state index in [0.717, 1.165) is 23.0 Å².